The molecule has 4 heterocycles. The second-order valence-electron chi connectivity index (χ2n) is 10.5. The van der Waals surface area contributed by atoms with Crippen LogP contribution in [0.15, 0.2) is 60.9 Å². The third-order valence-electron chi connectivity index (χ3n) is 7.15. The van der Waals surface area contributed by atoms with Gasteiger partial charge in [0.2, 0.25) is 0 Å². The van der Waals surface area contributed by atoms with Crippen LogP contribution in [0.25, 0.3) is 21.8 Å². The first-order valence-corrected chi connectivity index (χ1v) is 12.2. The lowest BCUT2D eigenvalue weighted by atomic mass is 9.82. The second-order valence-corrected chi connectivity index (χ2v) is 10.5. The molecular formula is C28H32N2O5. The molecule has 0 aliphatic carbocycles. The van der Waals surface area contributed by atoms with Gasteiger partial charge in [-0.2, -0.15) is 0 Å². The van der Waals surface area contributed by atoms with Crippen LogP contribution >= 0.6 is 0 Å². The van der Waals surface area contributed by atoms with Crippen LogP contribution in [0.5, 0.6) is 0 Å². The van der Waals surface area contributed by atoms with Gasteiger partial charge in [-0.3, -0.25) is 0 Å². The highest BCUT2D eigenvalue weighted by Crippen LogP contribution is 2.45. The Morgan fingerprint density at radius 2 is 1.31 bits per heavy atom. The Morgan fingerprint density at radius 1 is 0.771 bits per heavy atom. The van der Waals surface area contributed by atoms with E-state index in [2.05, 4.69) is 34.2 Å². The van der Waals surface area contributed by atoms with Gasteiger partial charge in [-0.1, -0.05) is 36.4 Å². The second kappa shape index (κ2) is 8.18. The molecule has 2 fully saturated rings. The van der Waals surface area contributed by atoms with Crippen molar-refractivity contribution in [1.29, 1.82) is 0 Å². The summed E-state index contributed by atoms with van der Waals surface area (Å²) in [6, 6.07) is 16.5. The highest BCUT2D eigenvalue weighted by molar-refractivity contribution is 5.88. The molecule has 2 aliphatic rings. The number of aromatic amines is 2. The van der Waals surface area contributed by atoms with Crippen molar-refractivity contribution in [3.05, 3.63) is 72.1 Å². The number of aromatic nitrogens is 2. The third-order valence-corrected chi connectivity index (χ3v) is 7.15. The molecule has 0 amide bonds. The number of H-pyrrole nitrogens is 2. The van der Waals surface area contributed by atoms with Gasteiger partial charge < -0.3 is 34.0 Å². The number of para-hydroxylation sites is 2. The van der Waals surface area contributed by atoms with Gasteiger partial charge in [0.15, 0.2) is 11.6 Å². The van der Waals surface area contributed by atoms with E-state index in [1.54, 1.807) is 0 Å². The van der Waals surface area contributed by atoms with Crippen molar-refractivity contribution in [2.75, 3.05) is 6.61 Å². The lowest BCUT2D eigenvalue weighted by Crippen LogP contribution is -2.46. The molecule has 2 aromatic heterocycles. The van der Waals surface area contributed by atoms with Crippen LogP contribution < -0.4 is 0 Å². The topological polar surface area (TPSA) is 88.7 Å². The Kier molecular flexibility index (Phi) is 5.32. The van der Waals surface area contributed by atoms with Gasteiger partial charge in [0.25, 0.3) is 0 Å². The molecule has 35 heavy (non-hydrogen) atoms. The minimum absolute atomic E-state index is 0.209. The zero-order chi connectivity index (χ0) is 24.4. The molecule has 0 unspecified atom stereocenters. The molecule has 7 nitrogen and oxygen atoms in total. The summed E-state index contributed by atoms with van der Waals surface area (Å²) in [4.78, 5) is 6.84. The number of nitrogens with one attached hydrogen (secondary N) is 2. The van der Waals surface area contributed by atoms with Gasteiger partial charge in [0.05, 0.1) is 6.61 Å². The van der Waals surface area contributed by atoms with E-state index in [4.69, 9.17) is 18.9 Å². The lowest BCUT2D eigenvalue weighted by molar-refractivity contribution is -0.178. The number of hydrogen-bond acceptors (Lipinski definition) is 5. The maximum atomic E-state index is 11.5. The highest BCUT2D eigenvalue weighted by Gasteiger charge is 2.53. The Balaban J connectivity index is 1.49. The van der Waals surface area contributed by atoms with E-state index in [1.165, 1.54) is 0 Å². The average molecular weight is 477 g/mol. The molecule has 0 radical (unpaired) electrons. The zero-order valence-electron chi connectivity index (χ0n) is 20.4. The lowest BCUT2D eigenvalue weighted by Gasteiger charge is -2.31. The van der Waals surface area contributed by atoms with Crippen LogP contribution in [0.4, 0.5) is 0 Å². The molecule has 0 bridgehead atoms. The maximum Gasteiger partial charge on any atom is 0.163 e. The molecule has 6 rings (SSSR count). The molecule has 3 N–H and O–H groups in total. The molecule has 2 saturated heterocycles. The molecule has 7 heteroatoms. The van der Waals surface area contributed by atoms with Crippen LogP contribution in [0.2, 0.25) is 0 Å². The number of ether oxygens (including phenoxy) is 4. The summed E-state index contributed by atoms with van der Waals surface area (Å²) in [5.74, 6) is -1.83. The molecule has 0 saturated carbocycles. The first kappa shape index (κ1) is 22.8. The first-order chi connectivity index (χ1) is 16.7. The Labute approximate surface area is 204 Å². The summed E-state index contributed by atoms with van der Waals surface area (Å²) in [6.45, 7) is 7.79. The molecule has 4 atom stereocenters. The number of aliphatic hydroxyl groups excluding tert-OH is 1. The van der Waals surface area contributed by atoms with Crippen molar-refractivity contribution in [3.63, 3.8) is 0 Å². The van der Waals surface area contributed by atoms with Crippen LogP contribution in [0.1, 0.15) is 44.7 Å². The van der Waals surface area contributed by atoms with Crippen molar-refractivity contribution in [1.82, 2.24) is 9.97 Å². The van der Waals surface area contributed by atoms with Crippen molar-refractivity contribution < 1.29 is 24.1 Å². The number of fused-ring (bicyclic) bond motifs is 2. The molecular weight excluding hydrogens is 444 g/mol. The van der Waals surface area contributed by atoms with Crippen LogP contribution in [0, 0.1) is 0 Å². The minimum atomic E-state index is -0.929. The molecule has 184 valence electrons. The normalized spacial score (nSPS) is 26.7. The van der Waals surface area contributed by atoms with E-state index < -0.39 is 36.0 Å². The summed E-state index contributed by atoms with van der Waals surface area (Å²) in [7, 11) is 0. The summed E-state index contributed by atoms with van der Waals surface area (Å²) < 4.78 is 24.7. The van der Waals surface area contributed by atoms with Gasteiger partial charge >= 0.3 is 0 Å². The number of hydrogen-bond donors (Lipinski definition) is 3. The van der Waals surface area contributed by atoms with E-state index in [9.17, 15) is 5.11 Å². The van der Waals surface area contributed by atoms with E-state index in [-0.39, 0.29) is 5.92 Å². The van der Waals surface area contributed by atoms with Gasteiger partial charge in [0.1, 0.15) is 24.4 Å². The van der Waals surface area contributed by atoms with E-state index in [1.807, 2.05) is 64.4 Å². The number of benzene rings is 2. The van der Waals surface area contributed by atoms with E-state index in [0.29, 0.717) is 6.61 Å². The molecule has 0 spiro atoms. The van der Waals surface area contributed by atoms with Gasteiger partial charge in [-0.05, 0) is 51.0 Å². The fraction of sp³-hybridized carbons (Fsp3) is 0.429. The average Bonchev–Trinajstić information content (AvgIpc) is 3.59. The molecule has 4 aromatic rings. The van der Waals surface area contributed by atoms with E-state index >= 15 is 0 Å². The Hall–Kier alpha value is -2.68. The smallest absolute Gasteiger partial charge is 0.163 e. The van der Waals surface area contributed by atoms with Crippen LogP contribution in [-0.4, -0.2) is 57.7 Å². The summed E-state index contributed by atoms with van der Waals surface area (Å²) in [6.07, 6.45) is 1.56. The number of aliphatic hydroxyl groups is 1. The molecule has 2 aromatic carbocycles. The number of rotatable bonds is 5. The van der Waals surface area contributed by atoms with Gasteiger partial charge in [-0.15, -0.1) is 0 Å². The predicted octanol–water partition coefficient (Wildman–Crippen LogP) is 4.81. The van der Waals surface area contributed by atoms with Crippen molar-refractivity contribution in [2.24, 2.45) is 0 Å². The van der Waals surface area contributed by atoms with Crippen molar-refractivity contribution in [3.8, 4) is 0 Å². The minimum Gasteiger partial charge on any atom is -0.387 e. The predicted molar refractivity (Wildman–Crippen MR) is 133 cm³/mol. The van der Waals surface area contributed by atoms with Crippen molar-refractivity contribution in [2.45, 2.75) is 69.6 Å². The zero-order valence-corrected chi connectivity index (χ0v) is 20.4. The first-order valence-electron chi connectivity index (χ1n) is 12.2. The highest BCUT2D eigenvalue weighted by atomic mass is 16.8. The molecule has 2 aliphatic heterocycles. The largest absolute Gasteiger partial charge is 0.387 e. The van der Waals surface area contributed by atoms with Gasteiger partial charge in [-0.25, -0.2) is 0 Å². The van der Waals surface area contributed by atoms with Crippen molar-refractivity contribution >= 4 is 21.8 Å². The Morgan fingerprint density at radius 3 is 1.86 bits per heavy atom. The standard InChI is InChI=1S/C28H32N2O5/c1-27(2)32-15-22(33-27)24(31)26-25(34-28(3,4)35-26)23(18-13-29-20-11-7-5-9-16(18)20)19-14-30-21-12-8-6-10-17(19)21/h5-14,22-26,29-31H,15H2,1-4H3/t22-,24-,25-,26+/m1/s1. The summed E-state index contributed by atoms with van der Waals surface area (Å²) >= 11 is 0. The van der Waals surface area contributed by atoms with Gasteiger partial charge in [0, 0.05) is 40.1 Å². The quantitative estimate of drug-likeness (QED) is 0.385. The Bertz CT molecular complexity index is 1280. The fourth-order valence-corrected chi connectivity index (χ4v) is 5.66. The van der Waals surface area contributed by atoms with Crippen LogP contribution in [0.3, 0.4) is 0 Å². The van der Waals surface area contributed by atoms with Crippen LogP contribution in [-0.2, 0) is 18.9 Å². The SMILES string of the molecule is CC1(C)O[C@@H]([C@H](O)[C@H]2COC(C)(C)O2)[C@@H](C(c2c[nH]c3ccccc23)c2c[nH]c3ccccc23)O1. The monoisotopic (exact) mass is 476 g/mol. The maximum absolute atomic E-state index is 11.5. The summed E-state index contributed by atoms with van der Waals surface area (Å²) in [5, 5.41) is 13.8. The third kappa shape index (κ3) is 3.97. The van der Waals surface area contributed by atoms with E-state index in [0.717, 1.165) is 32.9 Å². The fourth-order valence-electron chi connectivity index (χ4n) is 5.66. The summed E-state index contributed by atoms with van der Waals surface area (Å²) in [5.41, 5.74) is 4.30.